The van der Waals surface area contributed by atoms with Crippen molar-refractivity contribution in [2.75, 3.05) is 13.2 Å². The summed E-state index contributed by atoms with van der Waals surface area (Å²) in [5, 5.41) is 15.3. The number of aryl methyl sites for hydroxylation is 1. The number of nitrogens with one attached hydrogen (secondary N) is 2. The molecule has 0 saturated heterocycles. The first-order chi connectivity index (χ1) is 16.5. The van der Waals surface area contributed by atoms with E-state index < -0.39 is 47.1 Å². The van der Waals surface area contributed by atoms with Gasteiger partial charge in [0.1, 0.15) is 23.4 Å². The van der Waals surface area contributed by atoms with Crippen LogP contribution in [-0.4, -0.2) is 64.2 Å². The van der Waals surface area contributed by atoms with Crippen molar-refractivity contribution in [2.45, 2.75) is 92.0 Å². The van der Waals surface area contributed by atoms with Gasteiger partial charge in [0.25, 0.3) is 0 Å². The van der Waals surface area contributed by atoms with Crippen LogP contribution in [0.4, 0.5) is 4.79 Å². The molecule has 0 aliphatic carbocycles. The van der Waals surface area contributed by atoms with Crippen molar-refractivity contribution in [3.63, 3.8) is 0 Å². The average molecular weight is 508 g/mol. The zero-order valence-corrected chi connectivity index (χ0v) is 22.9. The molecule has 0 aliphatic rings. The fourth-order valence-corrected chi connectivity index (χ4v) is 3.48. The van der Waals surface area contributed by atoms with E-state index in [0.717, 1.165) is 0 Å². The van der Waals surface area contributed by atoms with Crippen molar-refractivity contribution in [1.29, 1.82) is 0 Å². The third-order valence-electron chi connectivity index (χ3n) is 5.04. The van der Waals surface area contributed by atoms with Gasteiger partial charge in [-0.15, -0.1) is 0 Å². The minimum absolute atomic E-state index is 0.0170. The second-order valence-corrected chi connectivity index (χ2v) is 10.5. The van der Waals surface area contributed by atoms with Gasteiger partial charge in [0, 0.05) is 12.1 Å². The lowest BCUT2D eigenvalue weighted by atomic mass is 9.94. The first kappa shape index (κ1) is 30.7. The van der Waals surface area contributed by atoms with Crippen LogP contribution in [0.1, 0.15) is 79.0 Å². The molecule has 2 unspecified atom stereocenters. The molecule has 0 bridgehead atoms. The van der Waals surface area contributed by atoms with Crippen LogP contribution in [0.5, 0.6) is 5.75 Å². The summed E-state index contributed by atoms with van der Waals surface area (Å²) in [4.78, 5) is 52.6. The van der Waals surface area contributed by atoms with E-state index in [1.54, 1.807) is 67.5 Å². The molecule has 202 valence electrons. The summed E-state index contributed by atoms with van der Waals surface area (Å²) in [5.74, 6) is -1.43. The molecule has 3 amide bonds. The van der Waals surface area contributed by atoms with Crippen molar-refractivity contribution in [2.24, 2.45) is 0 Å². The molecule has 2 atom stereocenters. The highest BCUT2D eigenvalue weighted by Gasteiger charge is 2.40. The van der Waals surface area contributed by atoms with Gasteiger partial charge in [0.05, 0.1) is 13.0 Å². The molecule has 0 heterocycles. The monoisotopic (exact) mass is 507 g/mol. The summed E-state index contributed by atoms with van der Waals surface area (Å²) in [6.07, 6.45) is -0.783. The van der Waals surface area contributed by atoms with E-state index >= 15 is 0 Å². The highest BCUT2D eigenvalue weighted by Crippen LogP contribution is 2.32. The number of esters is 1. The smallest absolute Gasteiger partial charge is 0.408 e. The van der Waals surface area contributed by atoms with Crippen LogP contribution in [0.25, 0.3) is 0 Å². The Morgan fingerprint density at radius 1 is 1.08 bits per heavy atom. The number of carbonyl (C=O) groups excluding carboxylic acids is 4. The fraction of sp³-hybridized carbons (Fsp3) is 0.615. The Bertz CT molecular complexity index is 948. The minimum Gasteiger partial charge on any atom is -0.508 e. The molecule has 10 nitrogen and oxygen atoms in total. The largest absolute Gasteiger partial charge is 0.508 e. The Labute approximate surface area is 213 Å². The number of nitrogens with zero attached hydrogens (tertiary/aromatic N) is 1. The number of hydrogen-bond donors (Lipinski definition) is 3. The Balaban J connectivity index is 3.36. The number of hydrogen-bond acceptors (Lipinski definition) is 7. The van der Waals surface area contributed by atoms with Crippen LogP contribution in [0.3, 0.4) is 0 Å². The predicted molar refractivity (Wildman–Crippen MR) is 135 cm³/mol. The number of aromatic hydroxyl groups is 1. The van der Waals surface area contributed by atoms with E-state index in [9.17, 15) is 24.3 Å². The van der Waals surface area contributed by atoms with Crippen molar-refractivity contribution in [3.8, 4) is 5.75 Å². The SMILES string of the molecule is CCOC(=O)CCNC(=O)C(c1ccc(O)c(C)c1)N(C(=O)C(C)NC(=O)OC(C)(C)C)C(C)(C)C. The average Bonchev–Trinajstić information content (AvgIpc) is 2.71. The molecule has 36 heavy (non-hydrogen) atoms. The maximum Gasteiger partial charge on any atom is 0.408 e. The van der Waals surface area contributed by atoms with Gasteiger partial charge < -0.3 is 30.1 Å². The van der Waals surface area contributed by atoms with Crippen molar-refractivity contribution in [1.82, 2.24) is 15.5 Å². The van der Waals surface area contributed by atoms with E-state index in [4.69, 9.17) is 9.47 Å². The fourth-order valence-electron chi connectivity index (χ4n) is 3.48. The molecule has 0 radical (unpaired) electrons. The lowest BCUT2D eigenvalue weighted by Crippen LogP contribution is -2.58. The standard InChI is InChI=1S/C26H41N3O7/c1-10-35-20(31)13-14-27-22(32)21(18-11-12-19(30)16(2)15-18)29(25(4,5)6)23(33)17(3)28-24(34)36-26(7,8)9/h11-12,15,17,21,30H,10,13-14H2,1-9H3,(H,27,32)(H,28,34). The van der Waals surface area contributed by atoms with E-state index in [1.807, 2.05) is 0 Å². The number of ether oxygens (including phenoxy) is 2. The lowest BCUT2D eigenvalue weighted by Gasteiger charge is -2.42. The highest BCUT2D eigenvalue weighted by atomic mass is 16.6. The van der Waals surface area contributed by atoms with Gasteiger partial charge in [-0.25, -0.2) is 4.79 Å². The molecular weight excluding hydrogens is 466 g/mol. The molecule has 3 N–H and O–H groups in total. The van der Waals surface area contributed by atoms with Gasteiger partial charge in [0.2, 0.25) is 11.8 Å². The topological polar surface area (TPSA) is 134 Å². The van der Waals surface area contributed by atoms with E-state index in [1.165, 1.54) is 17.9 Å². The quantitative estimate of drug-likeness (QED) is 0.436. The number of benzene rings is 1. The Morgan fingerprint density at radius 3 is 2.19 bits per heavy atom. The lowest BCUT2D eigenvalue weighted by molar-refractivity contribution is -0.148. The molecular formula is C26H41N3O7. The number of carbonyl (C=O) groups is 4. The van der Waals surface area contributed by atoms with Gasteiger partial charge in [-0.3, -0.25) is 14.4 Å². The normalized spacial score (nSPS) is 13.2. The third-order valence-corrected chi connectivity index (χ3v) is 5.04. The number of phenolic OH excluding ortho intramolecular Hbond substituents is 1. The summed E-state index contributed by atoms with van der Waals surface area (Å²) in [7, 11) is 0. The maximum atomic E-state index is 13.7. The molecule has 10 heteroatoms. The van der Waals surface area contributed by atoms with Crippen LogP contribution < -0.4 is 10.6 Å². The second kappa shape index (κ2) is 12.6. The zero-order valence-electron chi connectivity index (χ0n) is 22.9. The van der Waals surface area contributed by atoms with Gasteiger partial charge in [-0.1, -0.05) is 6.07 Å². The van der Waals surface area contributed by atoms with Gasteiger partial charge >= 0.3 is 12.1 Å². The number of phenols is 1. The molecule has 1 aromatic carbocycles. The Hall–Kier alpha value is -3.30. The van der Waals surface area contributed by atoms with Crippen molar-refractivity contribution >= 4 is 23.9 Å². The Morgan fingerprint density at radius 2 is 1.69 bits per heavy atom. The highest BCUT2D eigenvalue weighted by molar-refractivity contribution is 5.92. The summed E-state index contributed by atoms with van der Waals surface area (Å²) in [5.41, 5.74) is -0.609. The summed E-state index contributed by atoms with van der Waals surface area (Å²) in [6, 6.07) is 2.53. The minimum atomic E-state index is -1.11. The van der Waals surface area contributed by atoms with E-state index in [-0.39, 0.29) is 25.3 Å². The van der Waals surface area contributed by atoms with Crippen LogP contribution in [-0.2, 0) is 23.9 Å². The predicted octanol–water partition coefficient (Wildman–Crippen LogP) is 3.35. The maximum absolute atomic E-state index is 13.7. The van der Waals surface area contributed by atoms with Crippen LogP contribution in [0, 0.1) is 6.92 Å². The number of amides is 3. The molecule has 0 aliphatic heterocycles. The first-order valence-electron chi connectivity index (χ1n) is 12.0. The summed E-state index contributed by atoms with van der Waals surface area (Å²) in [6.45, 7) is 15.6. The van der Waals surface area contributed by atoms with Gasteiger partial charge in [-0.2, -0.15) is 0 Å². The molecule has 0 fully saturated rings. The summed E-state index contributed by atoms with van der Waals surface area (Å²) >= 11 is 0. The number of alkyl carbamates (subject to hydrolysis) is 1. The van der Waals surface area contributed by atoms with Crippen LogP contribution in [0.2, 0.25) is 0 Å². The van der Waals surface area contributed by atoms with Crippen LogP contribution in [0.15, 0.2) is 18.2 Å². The molecule has 0 saturated carbocycles. The first-order valence-corrected chi connectivity index (χ1v) is 12.0. The van der Waals surface area contributed by atoms with Crippen LogP contribution >= 0.6 is 0 Å². The number of rotatable bonds is 9. The van der Waals surface area contributed by atoms with Crippen molar-refractivity contribution < 1.29 is 33.8 Å². The Kier molecular flexibility index (Phi) is 10.8. The van der Waals surface area contributed by atoms with E-state index in [0.29, 0.717) is 11.1 Å². The molecule has 1 aromatic rings. The second-order valence-electron chi connectivity index (χ2n) is 10.5. The molecule has 0 aromatic heterocycles. The third kappa shape index (κ3) is 9.39. The molecule has 1 rings (SSSR count). The van der Waals surface area contributed by atoms with Gasteiger partial charge in [-0.05, 0) is 85.6 Å². The molecule has 0 spiro atoms. The summed E-state index contributed by atoms with van der Waals surface area (Å²) < 4.78 is 10.2. The zero-order chi connectivity index (χ0) is 27.8. The van der Waals surface area contributed by atoms with Crippen molar-refractivity contribution in [3.05, 3.63) is 29.3 Å². The van der Waals surface area contributed by atoms with Gasteiger partial charge in [0.15, 0.2) is 0 Å². The van der Waals surface area contributed by atoms with E-state index in [2.05, 4.69) is 10.6 Å².